The molecule has 0 aliphatic carbocycles. The molecule has 3 aromatic rings. The normalized spacial score (nSPS) is 11.7. The number of benzene rings is 2. The van der Waals surface area contributed by atoms with E-state index in [9.17, 15) is 13.6 Å². The van der Waals surface area contributed by atoms with Crippen LogP contribution >= 0.6 is 0 Å². The number of carbonyl (C=O) groups excluding carboxylic acids is 1. The quantitative estimate of drug-likeness (QED) is 0.379. The number of pyridine rings is 1. The van der Waals surface area contributed by atoms with E-state index in [1.165, 1.54) is 6.20 Å². The number of amidine groups is 1. The van der Waals surface area contributed by atoms with Crippen molar-refractivity contribution in [1.82, 2.24) is 10.3 Å². The zero-order valence-electron chi connectivity index (χ0n) is 16.9. The van der Waals surface area contributed by atoms with Gasteiger partial charge in [0.2, 0.25) is 0 Å². The maximum Gasteiger partial charge on any atom is 0.254 e. The van der Waals surface area contributed by atoms with Crippen molar-refractivity contribution in [3.63, 3.8) is 0 Å². The van der Waals surface area contributed by atoms with Gasteiger partial charge in [-0.3, -0.25) is 15.2 Å². The second-order valence-electron chi connectivity index (χ2n) is 6.76. The van der Waals surface area contributed by atoms with Gasteiger partial charge in [-0.05, 0) is 36.2 Å². The lowest BCUT2D eigenvalue weighted by Gasteiger charge is -2.19. The van der Waals surface area contributed by atoms with Gasteiger partial charge in [0.15, 0.2) is 6.10 Å². The number of nitrogens with two attached hydrogens (primary N) is 1. The third kappa shape index (κ3) is 5.29. The van der Waals surface area contributed by atoms with Gasteiger partial charge in [0.1, 0.15) is 17.5 Å². The van der Waals surface area contributed by atoms with Crippen LogP contribution in [-0.2, 0) is 16.1 Å². The molecule has 0 spiro atoms. The number of halogens is 2. The van der Waals surface area contributed by atoms with Crippen LogP contribution in [0.4, 0.5) is 8.78 Å². The van der Waals surface area contributed by atoms with Gasteiger partial charge in [0.05, 0.1) is 5.56 Å². The standard InChI is InChI=1S/C23H22F2N4O2/c1-2-31-21(23(30)29-12-14-5-7-15(8-6-14)22(26)27)20-18(24)10-17(11-19(20)25)16-4-3-9-28-13-16/h3-11,13,21H,2,12H2,1H3,(H3,26,27)(H,29,30)/t21-/m1/s1. The SMILES string of the molecule is CCO[C@@H](C(=O)NCc1ccc(C(=N)N)cc1)c1c(F)cc(-c2cccnc2)cc1F. The Balaban J connectivity index is 1.80. The number of hydrogen-bond donors (Lipinski definition) is 3. The molecule has 1 heterocycles. The van der Waals surface area contributed by atoms with E-state index >= 15 is 0 Å². The summed E-state index contributed by atoms with van der Waals surface area (Å²) in [7, 11) is 0. The summed E-state index contributed by atoms with van der Waals surface area (Å²) in [5, 5.41) is 10.0. The average molecular weight is 424 g/mol. The number of hydrogen-bond acceptors (Lipinski definition) is 4. The van der Waals surface area contributed by atoms with Crippen LogP contribution in [0.2, 0.25) is 0 Å². The zero-order chi connectivity index (χ0) is 22.4. The first-order chi connectivity index (χ1) is 14.9. The van der Waals surface area contributed by atoms with Gasteiger partial charge < -0.3 is 15.8 Å². The lowest BCUT2D eigenvalue weighted by atomic mass is 10.0. The van der Waals surface area contributed by atoms with Crippen molar-refractivity contribution in [2.24, 2.45) is 5.73 Å². The Morgan fingerprint density at radius 1 is 1.16 bits per heavy atom. The number of nitrogens with one attached hydrogen (secondary N) is 2. The Bertz CT molecular complexity index is 1050. The van der Waals surface area contributed by atoms with Crippen LogP contribution in [0.3, 0.4) is 0 Å². The lowest BCUT2D eigenvalue weighted by Crippen LogP contribution is -2.31. The van der Waals surface area contributed by atoms with Gasteiger partial charge in [-0.15, -0.1) is 0 Å². The largest absolute Gasteiger partial charge is 0.384 e. The first-order valence-corrected chi connectivity index (χ1v) is 9.62. The third-order valence-electron chi connectivity index (χ3n) is 4.64. The van der Waals surface area contributed by atoms with Crippen LogP contribution in [-0.4, -0.2) is 23.3 Å². The van der Waals surface area contributed by atoms with Gasteiger partial charge in [0.25, 0.3) is 5.91 Å². The number of nitrogens with zero attached hydrogens (tertiary/aromatic N) is 1. The van der Waals surface area contributed by atoms with Crippen molar-refractivity contribution in [2.75, 3.05) is 6.61 Å². The van der Waals surface area contributed by atoms with Gasteiger partial charge in [0, 0.05) is 36.7 Å². The van der Waals surface area contributed by atoms with Crippen molar-refractivity contribution in [1.29, 1.82) is 5.41 Å². The van der Waals surface area contributed by atoms with Crippen LogP contribution in [0.1, 0.15) is 29.7 Å². The minimum atomic E-state index is -1.44. The molecule has 1 atom stereocenters. The highest BCUT2D eigenvalue weighted by Gasteiger charge is 2.28. The van der Waals surface area contributed by atoms with Crippen molar-refractivity contribution in [2.45, 2.75) is 19.6 Å². The molecule has 0 aliphatic heterocycles. The van der Waals surface area contributed by atoms with E-state index in [0.29, 0.717) is 16.7 Å². The van der Waals surface area contributed by atoms with Crippen LogP contribution < -0.4 is 11.1 Å². The van der Waals surface area contributed by atoms with Gasteiger partial charge in [-0.2, -0.15) is 0 Å². The molecule has 0 saturated heterocycles. The monoisotopic (exact) mass is 424 g/mol. The highest BCUT2D eigenvalue weighted by Crippen LogP contribution is 2.29. The number of ether oxygens (including phenoxy) is 1. The summed E-state index contributed by atoms with van der Waals surface area (Å²) in [4.78, 5) is 16.7. The second-order valence-corrected chi connectivity index (χ2v) is 6.76. The molecule has 3 rings (SSSR count). The maximum absolute atomic E-state index is 14.9. The molecular formula is C23H22F2N4O2. The minimum Gasteiger partial charge on any atom is -0.384 e. The molecule has 31 heavy (non-hydrogen) atoms. The summed E-state index contributed by atoms with van der Waals surface area (Å²) < 4.78 is 35.1. The minimum absolute atomic E-state index is 0.0623. The Morgan fingerprint density at radius 2 is 1.84 bits per heavy atom. The molecular weight excluding hydrogens is 402 g/mol. The molecule has 1 amide bonds. The molecule has 0 radical (unpaired) electrons. The molecule has 6 nitrogen and oxygen atoms in total. The molecule has 8 heteroatoms. The fourth-order valence-electron chi connectivity index (χ4n) is 3.08. The van der Waals surface area contributed by atoms with Crippen LogP contribution in [0.15, 0.2) is 60.9 Å². The predicted octanol–water partition coefficient (Wildman–Crippen LogP) is 3.70. The van der Waals surface area contributed by atoms with Gasteiger partial charge >= 0.3 is 0 Å². The van der Waals surface area contributed by atoms with Gasteiger partial charge in [-0.1, -0.05) is 30.3 Å². The molecule has 0 aliphatic rings. The molecule has 0 fully saturated rings. The molecule has 2 aromatic carbocycles. The lowest BCUT2D eigenvalue weighted by molar-refractivity contribution is -0.133. The fourth-order valence-corrected chi connectivity index (χ4v) is 3.08. The van der Waals surface area contributed by atoms with E-state index in [1.54, 1.807) is 49.5 Å². The van der Waals surface area contributed by atoms with Crippen LogP contribution in [0, 0.1) is 17.0 Å². The molecule has 4 N–H and O–H groups in total. The Morgan fingerprint density at radius 3 is 2.39 bits per heavy atom. The summed E-state index contributed by atoms with van der Waals surface area (Å²) >= 11 is 0. The summed E-state index contributed by atoms with van der Waals surface area (Å²) in [6.45, 7) is 1.85. The summed E-state index contributed by atoms with van der Waals surface area (Å²) in [6, 6.07) is 12.4. The topological polar surface area (TPSA) is 101 Å². The predicted molar refractivity (Wildman–Crippen MR) is 113 cm³/mol. The second kappa shape index (κ2) is 9.90. The third-order valence-corrected chi connectivity index (χ3v) is 4.64. The highest BCUT2D eigenvalue weighted by molar-refractivity contribution is 5.94. The Hall–Kier alpha value is -3.65. The van der Waals surface area contributed by atoms with E-state index in [-0.39, 0.29) is 19.0 Å². The van der Waals surface area contributed by atoms with Crippen molar-refractivity contribution >= 4 is 11.7 Å². The molecule has 160 valence electrons. The summed E-state index contributed by atoms with van der Waals surface area (Å²) in [6.07, 6.45) is 1.62. The number of aromatic nitrogens is 1. The van der Waals surface area contributed by atoms with E-state index in [1.807, 2.05) is 0 Å². The van der Waals surface area contributed by atoms with Crippen molar-refractivity contribution < 1.29 is 18.3 Å². The van der Waals surface area contributed by atoms with Crippen LogP contribution in [0.5, 0.6) is 0 Å². The number of amides is 1. The molecule has 0 bridgehead atoms. The van der Waals surface area contributed by atoms with Gasteiger partial charge in [-0.25, -0.2) is 8.78 Å². The van der Waals surface area contributed by atoms with E-state index in [4.69, 9.17) is 15.9 Å². The number of carbonyl (C=O) groups is 1. The Kier molecular flexibility index (Phi) is 7.04. The number of nitrogen functional groups attached to an aromatic ring is 1. The van der Waals surface area contributed by atoms with E-state index in [0.717, 1.165) is 17.7 Å². The highest BCUT2D eigenvalue weighted by atomic mass is 19.1. The summed E-state index contributed by atoms with van der Waals surface area (Å²) in [5.74, 6) is -2.48. The maximum atomic E-state index is 14.9. The van der Waals surface area contributed by atoms with E-state index < -0.39 is 29.2 Å². The van der Waals surface area contributed by atoms with Crippen molar-refractivity contribution in [3.05, 3.63) is 89.2 Å². The smallest absolute Gasteiger partial charge is 0.254 e. The fraction of sp³-hybridized carbons (Fsp3) is 0.174. The first kappa shape index (κ1) is 22.0. The molecule has 1 aromatic heterocycles. The zero-order valence-corrected chi connectivity index (χ0v) is 16.9. The van der Waals surface area contributed by atoms with E-state index in [2.05, 4.69) is 10.3 Å². The first-order valence-electron chi connectivity index (χ1n) is 9.62. The average Bonchev–Trinajstić information content (AvgIpc) is 2.77. The summed E-state index contributed by atoms with van der Waals surface area (Å²) in [5.41, 5.74) is 7.14. The molecule has 0 saturated carbocycles. The molecule has 0 unspecified atom stereocenters. The Labute approximate surface area is 178 Å². The van der Waals surface area contributed by atoms with Crippen LogP contribution in [0.25, 0.3) is 11.1 Å². The number of rotatable bonds is 8. The van der Waals surface area contributed by atoms with Crippen molar-refractivity contribution in [3.8, 4) is 11.1 Å².